The van der Waals surface area contributed by atoms with Gasteiger partial charge in [0.15, 0.2) is 0 Å². The first kappa shape index (κ1) is 14.0. The summed E-state index contributed by atoms with van der Waals surface area (Å²) in [4.78, 5) is 5.81. The second-order valence-electron chi connectivity index (χ2n) is 4.75. The fraction of sp³-hybridized carbons (Fsp3) is 0.333. The first-order chi connectivity index (χ1) is 10.3. The summed E-state index contributed by atoms with van der Waals surface area (Å²) in [5.41, 5.74) is 4.21. The van der Waals surface area contributed by atoms with Crippen molar-refractivity contribution in [2.45, 2.75) is 13.3 Å². The molecule has 0 aliphatic rings. The molecule has 0 aliphatic carbocycles. The number of hydrogen-bond acceptors (Lipinski definition) is 6. The molecule has 0 amide bonds. The molecule has 0 aromatic carbocycles. The molecular weight excluding hydrogens is 286 g/mol. The summed E-state index contributed by atoms with van der Waals surface area (Å²) in [6.07, 6.45) is 0.932. The highest BCUT2D eigenvalue weighted by atomic mass is 32.1. The third-order valence-corrected chi connectivity index (χ3v) is 4.10. The molecule has 0 saturated heterocycles. The lowest BCUT2D eigenvalue weighted by Gasteiger charge is -2.07. The molecule has 0 unspecified atom stereocenters. The Hall–Kier alpha value is -1.92. The van der Waals surface area contributed by atoms with Gasteiger partial charge in [-0.15, -0.1) is 11.3 Å². The van der Waals surface area contributed by atoms with Crippen LogP contribution >= 0.6 is 11.3 Å². The molecule has 5 nitrogen and oxygen atoms in total. The summed E-state index contributed by atoms with van der Waals surface area (Å²) in [5.74, 6) is 0. The number of anilines is 1. The van der Waals surface area contributed by atoms with E-state index >= 15 is 0 Å². The van der Waals surface area contributed by atoms with Crippen molar-refractivity contribution in [3.63, 3.8) is 0 Å². The Morgan fingerprint density at radius 3 is 3.10 bits per heavy atom. The van der Waals surface area contributed by atoms with Crippen LogP contribution in [0.5, 0.6) is 0 Å². The third kappa shape index (κ3) is 2.91. The molecule has 6 heteroatoms. The van der Waals surface area contributed by atoms with Crippen LogP contribution in [0.2, 0.25) is 0 Å². The summed E-state index contributed by atoms with van der Waals surface area (Å²) >= 11 is 1.67. The van der Waals surface area contributed by atoms with Crippen LogP contribution in [0.3, 0.4) is 0 Å². The zero-order valence-corrected chi connectivity index (χ0v) is 12.9. The second-order valence-corrected chi connectivity index (χ2v) is 5.70. The zero-order chi connectivity index (χ0) is 14.7. The smallest absolute Gasteiger partial charge is 0.208 e. The number of aromatic nitrogens is 2. The van der Waals surface area contributed by atoms with Gasteiger partial charge in [0.05, 0.1) is 16.3 Å². The molecule has 0 atom stereocenters. The molecule has 1 N–H and O–H groups in total. The van der Waals surface area contributed by atoms with Crippen LogP contribution in [0, 0.1) is 6.92 Å². The van der Waals surface area contributed by atoms with E-state index in [-0.39, 0.29) is 0 Å². The standard InChI is InChI=1S/C15H17N3O2S/c1-10-14-15(20-18-10)12(16-6-4-7-19-2)9-11(17-14)13-5-3-8-21-13/h3,5,8-9H,4,6-7H2,1-2H3,(H,16,17). The molecule has 3 aromatic rings. The van der Waals surface area contributed by atoms with Gasteiger partial charge in [0, 0.05) is 20.3 Å². The molecule has 0 aliphatic heterocycles. The lowest BCUT2D eigenvalue weighted by atomic mass is 10.2. The Balaban J connectivity index is 1.96. The minimum Gasteiger partial charge on any atom is -0.385 e. The molecule has 3 heterocycles. The van der Waals surface area contributed by atoms with E-state index in [1.807, 2.05) is 24.4 Å². The SMILES string of the molecule is COCCCNc1cc(-c2cccs2)nc2c(C)noc12. The number of aryl methyl sites for hydroxylation is 1. The number of pyridine rings is 1. The molecule has 0 radical (unpaired) electrons. The maximum absolute atomic E-state index is 5.41. The predicted octanol–water partition coefficient (Wildman–Crippen LogP) is 3.71. The van der Waals surface area contributed by atoms with E-state index in [1.165, 1.54) is 0 Å². The first-order valence-electron chi connectivity index (χ1n) is 6.83. The van der Waals surface area contributed by atoms with Gasteiger partial charge in [-0.25, -0.2) is 4.98 Å². The third-order valence-electron chi connectivity index (χ3n) is 3.20. The summed E-state index contributed by atoms with van der Waals surface area (Å²) in [6.45, 7) is 3.46. The summed E-state index contributed by atoms with van der Waals surface area (Å²) < 4.78 is 10.5. The quantitative estimate of drug-likeness (QED) is 0.703. The molecule has 21 heavy (non-hydrogen) atoms. The van der Waals surface area contributed by atoms with E-state index in [2.05, 4.69) is 21.5 Å². The monoisotopic (exact) mass is 303 g/mol. The predicted molar refractivity (Wildman–Crippen MR) is 84.8 cm³/mol. The number of hydrogen-bond donors (Lipinski definition) is 1. The highest BCUT2D eigenvalue weighted by Gasteiger charge is 2.14. The highest BCUT2D eigenvalue weighted by Crippen LogP contribution is 2.31. The van der Waals surface area contributed by atoms with Gasteiger partial charge in [0.25, 0.3) is 0 Å². The minimum absolute atomic E-state index is 0.713. The Morgan fingerprint density at radius 1 is 1.43 bits per heavy atom. The van der Waals surface area contributed by atoms with E-state index in [1.54, 1.807) is 18.4 Å². The molecule has 3 aromatic heterocycles. The van der Waals surface area contributed by atoms with Crippen molar-refractivity contribution in [3.8, 4) is 10.6 Å². The maximum atomic E-state index is 5.41. The maximum Gasteiger partial charge on any atom is 0.208 e. The van der Waals surface area contributed by atoms with E-state index in [9.17, 15) is 0 Å². The van der Waals surface area contributed by atoms with Crippen LogP contribution in [-0.2, 0) is 4.74 Å². The van der Waals surface area contributed by atoms with Crippen LogP contribution in [0.25, 0.3) is 21.7 Å². The Kier molecular flexibility index (Phi) is 4.17. The van der Waals surface area contributed by atoms with Gasteiger partial charge in [0.2, 0.25) is 5.58 Å². The van der Waals surface area contributed by atoms with Crippen molar-refractivity contribution in [2.24, 2.45) is 0 Å². The largest absolute Gasteiger partial charge is 0.385 e. The molecular formula is C15H17N3O2S. The van der Waals surface area contributed by atoms with Gasteiger partial charge in [-0.05, 0) is 30.9 Å². The highest BCUT2D eigenvalue weighted by molar-refractivity contribution is 7.13. The first-order valence-corrected chi connectivity index (χ1v) is 7.71. The summed E-state index contributed by atoms with van der Waals surface area (Å²) in [5, 5.41) is 9.46. The number of methoxy groups -OCH3 is 1. The van der Waals surface area contributed by atoms with Gasteiger partial charge >= 0.3 is 0 Å². The number of rotatable bonds is 6. The topological polar surface area (TPSA) is 60.2 Å². The van der Waals surface area contributed by atoms with Gasteiger partial charge in [0.1, 0.15) is 11.2 Å². The van der Waals surface area contributed by atoms with Gasteiger partial charge in [-0.1, -0.05) is 11.2 Å². The number of nitrogens with one attached hydrogen (secondary N) is 1. The average molecular weight is 303 g/mol. The fourth-order valence-electron chi connectivity index (χ4n) is 2.15. The van der Waals surface area contributed by atoms with Gasteiger partial charge < -0.3 is 14.6 Å². The fourth-order valence-corrected chi connectivity index (χ4v) is 2.84. The molecule has 110 valence electrons. The van der Waals surface area contributed by atoms with Crippen molar-refractivity contribution in [1.29, 1.82) is 0 Å². The van der Waals surface area contributed by atoms with Gasteiger partial charge in [-0.2, -0.15) is 0 Å². The Labute approximate surface area is 126 Å². The molecule has 0 saturated carbocycles. The molecule has 0 bridgehead atoms. The summed E-state index contributed by atoms with van der Waals surface area (Å²) in [6, 6.07) is 6.11. The van der Waals surface area contributed by atoms with E-state index in [4.69, 9.17) is 9.26 Å². The normalized spacial score (nSPS) is 11.1. The number of nitrogens with zero attached hydrogens (tertiary/aromatic N) is 2. The lowest BCUT2D eigenvalue weighted by Crippen LogP contribution is -2.05. The van der Waals surface area contributed by atoms with E-state index in [0.717, 1.165) is 47.0 Å². The van der Waals surface area contributed by atoms with Crippen LogP contribution in [-0.4, -0.2) is 30.4 Å². The van der Waals surface area contributed by atoms with Crippen molar-refractivity contribution >= 4 is 28.1 Å². The van der Waals surface area contributed by atoms with Crippen LogP contribution in [0.15, 0.2) is 28.1 Å². The van der Waals surface area contributed by atoms with E-state index in [0.29, 0.717) is 5.58 Å². The van der Waals surface area contributed by atoms with Crippen LogP contribution in [0.1, 0.15) is 12.1 Å². The zero-order valence-electron chi connectivity index (χ0n) is 12.0. The summed E-state index contributed by atoms with van der Waals surface area (Å²) in [7, 11) is 1.71. The second kappa shape index (κ2) is 6.24. The minimum atomic E-state index is 0.713. The lowest BCUT2D eigenvalue weighted by molar-refractivity contribution is 0.198. The van der Waals surface area contributed by atoms with Gasteiger partial charge in [-0.3, -0.25) is 0 Å². The van der Waals surface area contributed by atoms with E-state index < -0.39 is 0 Å². The Bertz CT molecular complexity index is 722. The van der Waals surface area contributed by atoms with Crippen LogP contribution < -0.4 is 5.32 Å². The van der Waals surface area contributed by atoms with Crippen molar-refractivity contribution in [1.82, 2.24) is 10.1 Å². The number of thiophene rings is 1. The van der Waals surface area contributed by atoms with Crippen molar-refractivity contribution in [3.05, 3.63) is 29.3 Å². The number of fused-ring (bicyclic) bond motifs is 1. The number of ether oxygens (including phenoxy) is 1. The molecule has 3 rings (SSSR count). The average Bonchev–Trinajstić information content (AvgIpc) is 3.14. The van der Waals surface area contributed by atoms with Crippen molar-refractivity contribution in [2.75, 3.05) is 25.6 Å². The molecule has 0 fully saturated rings. The Morgan fingerprint density at radius 2 is 2.33 bits per heavy atom. The van der Waals surface area contributed by atoms with Crippen molar-refractivity contribution < 1.29 is 9.26 Å². The molecule has 0 spiro atoms. The van der Waals surface area contributed by atoms with Crippen LogP contribution in [0.4, 0.5) is 5.69 Å².